The molecule has 1 aliphatic heterocycles. The van der Waals surface area contributed by atoms with Crippen LogP contribution in [-0.4, -0.2) is 23.4 Å². The molecule has 1 aliphatic rings. The summed E-state index contributed by atoms with van der Waals surface area (Å²) in [5.74, 6) is 0.0809. The molecule has 0 saturated carbocycles. The molecular weight excluding hydrogens is 162 g/mol. The normalized spacial score (nSPS) is 26.1. The highest BCUT2D eigenvalue weighted by atomic mass is 16.2. The Bertz CT molecular complexity index is 220. The lowest BCUT2D eigenvalue weighted by Gasteiger charge is -2.22. The zero-order chi connectivity index (χ0) is 10.1. The Morgan fingerprint density at radius 2 is 2.31 bits per heavy atom. The fourth-order valence-corrected chi connectivity index (χ4v) is 2.14. The minimum atomic E-state index is 0.0809. The van der Waals surface area contributed by atoms with Gasteiger partial charge in [0.1, 0.15) is 0 Å². The molecule has 1 amide bonds. The first-order valence-electron chi connectivity index (χ1n) is 4.93. The predicted octanol–water partition coefficient (Wildman–Crippen LogP) is 2.21. The van der Waals surface area contributed by atoms with Crippen LogP contribution >= 0.6 is 0 Å². The van der Waals surface area contributed by atoms with E-state index in [1.165, 1.54) is 6.08 Å². The third-order valence-electron chi connectivity index (χ3n) is 2.76. The van der Waals surface area contributed by atoms with Gasteiger partial charge in [-0.1, -0.05) is 27.4 Å². The van der Waals surface area contributed by atoms with Gasteiger partial charge in [-0.3, -0.25) is 4.79 Å². The van der Waals surface area contributed by atoms with Crippen LogP contribution in [0.5, 0.6) is 0 Å². The third-order valence-corrected chi connectivity index (χ3v) is 2.76. The number of amides is 1. The van der Waals surface area contributed by atoms with Gasteiger partial charge in [0.25, 0.3) is 0 Å². The lowest BCUT2D eigenvalue weighted by atomic mass is 9.90. The van der Waals surface area contributed by atoms with Gasteiger partial charge in [-0.05, 0) is 24.3 Å². The Balaban J connectivity index is 2.74. The molecule has 1 unspecified atom stereocenters. The summed E-state index contributed by atoms with van der Waals surface area (Å²) in [6.07, 6.45) is 3.58. The van der Waals surface area contributed by atoms with Crippen LogP contribution in [-0.2, 0) is 4.79 Å². The largest absolute Gasteiger partial charge is 0.336 e. The van der Waals surface area contributed by atoms with Crippen molar-refractivity contribution in [3.63, 3.8) is 0 Å². The molecule has 0 aliphatic carbocycles. The van der Waals surface area contributed by atoms with Crippen molar-refractivity contribution in [1.82, 2.24) is 4.90 Å². The second-order valence-electron chi connectivity index (χ2n) is 4.60. The topological polar surface area (TPSA) is 20.3 Å². The molecular formula is C11H19NO. The van der Waals surface area contributed by atoms with Crippen molar-refractivity contribution in [2.75, 3.05) is 6.54 Å². The van der Waals surface area contributed by atoms with Crippen LogP contribution < -0.4 is 0 Å². The van der Waals surface area contributed by atoms with Gasteiger partial charge in [-0.2, -0.15) is 0 Å². The van der Waals surface area contributed by atoms with E-state index in [4.69, 9.17) is 0 Å². The number of hydrogen-bond acceptors (Lipinski definition) is 1. The maximum atomic E-state index is 11.5. The summed E-state index contributed by atoms with van der Waals surface area (Å²) in [4.78, 5) is 13.4. The second kappa shape index (κ2) is 3.52. The van der Waals surface area contributed by atoms with Gasteiger partial charge in [-0.25, -0.2) is 0 Å². The number of likely N-dealkylation sites (tertiary alicyclic amines) is 1. The van der Waals surface area contributed by atoms with E-state index < -0.39 is 0 Å². The number of carbonyl (C=O) groups excluding carboxylic acids is 1. The van der Waals surface area contributed by atoms with E-state index in [9.17, 15) is 4.79 Å². The molecule has 1 saturated heterocycles. The highest BCUT2D eigenvalue weighted by Gasteiger charge is 2.37. The van der Waals surface area contributed by atoms with Crippen LogP contribution in [0.2, 0.25) is 0 Å². The SMILES string of the molecule is C=CC(=O)N1CC(C)(C)CC1CC. The molecule has 1 fully saturated rings. The Morgan fingerprint density at radius 1 is 1.69 bits per heavy atom. The van der Waals surface area contributed by atoms with Gasteiger partial charge in [0.05, 0.1) is 0 Å². The molecule has 74 valence electrons. The van der Waals surface area contributed by atoms with Gasteiger partial charge >= 0.3 is 0 Å². The van der Waals surface area contributed by atoms with Crippen molar-refractivity contribution in [1.29, 1.82) is 0 Å². The van der Waals surface area contributed by atoms with Crippen LogP contribution in [0.4, 0.5) is 0 Å². The highest BCUT2D eigenvalue weighted by Crippen LogP contribution is 2.35. The van der Waals surface area contributed by atoms with E-state index in [-0.39, 0.29) is 11.3 Å². The molecule has 1 rings (SSSR count). The number of hydrogen-bond donors (Lipinski definition) is 0. The van der Waals surface area contributed by atoms with Crippen LogP contribution in [0.15, 0.2) is 12.7 Å². The quantitative estimate of drug-likeness (QED) is 0.598. The predicted molar refractivity (Wildman–Crippen MR) is 54.4 cm³/mol. The van der Waals surface area contributed by atoms with Crippen LogP contribution in [0.25, 0.3) is 0 Å². The highest BCUT2D eigenvalue weighted by molar-refractivity contribution is 5.87. The van der Waals surface area contributed by atoms with Crippen molar-refractivity contribution in [3.05, 3.63) is 12.7 Å². The molecule has 0 spiro atoms. The Kier molecular flexibility index (Phi) is 2.79. The maximum absolute atomic E-state index is 11.5. The molecule has 1 atom stereocenters. The van der Waals surface area contributed by atoms with Gasteiger partial charge in [0.2, 0.25) is 5.91 Å². The van der Waals surface area contributed by atoms with Gasteiger partial charge in [0.15, 0.2) is 0 Å². The Hall–Kier alpha value is -0.790. The fourth-order valence-electron chi connectivity index (χ4n) is 2.14. The minimum absolute atomic E-state index is 0.0809. The monoisotopic (exact) mass is 181 g/mol. The standard InChI is InChI=1S/C11H19NO/c1-5-9-7-11(3,4)8-12(9)10(13)6-2/h6,9H,2,5,7-8H2,1,3-4H3. The van der Waals surface area contributed by atoms with E-state index in [0.29, 0.717) is 6.04 Å². The molecule has 0 aromatic heterocycles. The van der Waals surface area contributed by atoms with E-state index in [2.05, 4.69) is 27.4 Å². The summed E-state index contributed by atoms with van der Waals surface area (Å²) in [6.45, 7) is 11.0. The first-order chi connectivity index (χ1) is 6.00. The smallest absolute Gasteiger partial charge is 0.246 e. The van der Waals surface area contributed by atoms with E-state index >= 15 is 0 Å². The second-order valence-corrected chi connectivity index (χ2v) is 4.60. The van der Waals surface area contributed by atoms with E-state index in [0.717, 1.165) is 19.4 Å². The van der Waals surface area contributed by atoms with Gasteiger partial charge in [-0.15, -0.1) is 0 Å². The first-order valence-corrected chi connectivity index (χ1v) is 4.93. The average Bonchev–Trinajstić information content (AvgIpc) is 2.39. The summed E-state index contributed by atoms with van der Waals surface area (Å²) in [5, 5.41) is 0. The lowest BCUT2D eigenvalue weighted by Crippen LogP contribution is -2.34. The van der Waals surface area contributed by atoms with E-state index in [1.807, 2.05) is 4.90 Å². The molecule has 0 aromatic rings. The zero-order valence-corrected chi connectivity index (χ0v) is 8.84. The molecule has 0 N–H and O–H groups in total. The van der Waals surface area contributed by atoms with Crippen LogP contribution in [0.1, 0.15) is 33.6 Å². The van der Waals surface area contributed by atoms with Crippen molar-refractivity contribution >= 4 is 5.91 Å². The zero-order valence-electron chi connectivity index (χ0n) is 8.84. The number of carbonyl (C=O) groups is 1. The summed E-state index contributed by atoms with van der Waals surface area (Å²) in [7, 11) is 0. The van der Waals surface area contributed by atoms with Crippen LogP contribution in [0.3, 0.4) is 0 Å². The minimum Gasteiger partial charge on any atom is -0.336 e. The number of nitrogens with zero attached hydrogens (tertiary/aromatic N) is 1. The van der Waals surface area contributed by atoms with Gasteiger partial charge in [0, 0.05) is 12.6 Å². The molecule has 0 bridgehead atoms. The summed E-state index contributed by atoms with van der Waals surface area (Å²) in [6, 6.07) is 0.417. The average molecular weight is 181 g/mol. The molecule has 1 heterocycles. The lowest BCUT2D eigenvalue weighted by molar-refractivity contribution is -0.127. The Labute approximate surface area is 80.6 Å². The first kappa shape index (κ1) is 10.3. The fraction of sp³-hybridized carbons (Fsp3) is 0.727. The summed E-state index contributed by atoms with van der Waals surface area (Å²) >= 11 is 0. The van der Waals surface area contributed by atoms with E-state index in [1.54, 1.807) is 0 Å². The molecule has 2 nitrogen and oxygen atoms in total. The van der Waals surface area contributed by atoms with Crippen molar-refractivity contribution in [2.24, 2.45) is 5.41 Å². The van der Waals surface area contributed by atoms with Crippen molar-refractivity contribution in [2.45, 2.75) is 39.7 Å². The van der Waals surface area contributed by atoms with Gasteiger partial charge < -0.3 is 4.90 Å². The molecule has 0 radical (unpaired) electrons. The Morgan fingerprint density at radius 3 is 2.77 bits per heavy atom. The van der Waals surface area contributed by atoms with Crippen molar-refractivity contribution in [3.8, 4) is 0 Å². The maximum Gasteiger partial charge on any atom is 0.246 e. The molecule has 0 aromatic carbocycles. The summed E-state index contributed by atoms with van der Waals surface area (Å²) < 4.78 is 0. The third kappa shape index (κ3) is 2.11. The molecule has 2 heteroatoms. The molecule has 13 heavy (non-hydrogen) atoms. The van der Waals surface area contributed by atoms with Crippen LogP contribution in [0, 0.1) is 5.41 Å². The summed E-state index contributed by atoms with van der Waals surface area (Å²) in [5.41, 5.74) is 0.277. The van der Waals surface area contributed by atoms with Crippen molar-refractivity contribution < 1.29 is 4.79 Å². The number of rotatable bonds is 2.